The van der Waals surface area contributed by atoms with E-state index in [0.717, 1.165) is 64.7 Å². The molecule has 0 saturated carbocycles. The molecule has 0 radical (unpaired) electrons. The first-order chi connectivity index (χ1) is 15.7. The number of rotatable bonds is 7. The van der Waals surface area contributed by atoms with E-state index in [1.54, 1.807) is 0 Å². The maximum absolute atomic E-state index is 6.36. The van der Waals surface area contributed by atoms with Crippen LogP contribution < -0.4 is 5.32 Å². The van der Waals surface area contributed by atoms with Crippen molar-refractivity contribution in [2.45, 2.75) is 75.0 Å². The maximum atomic E-state index is 6.36. The molecule has 1 aromatic carbocycles. The lowest BCUT2D eigenvalue weighted by molar-refractivity contribution is -0.101. The van der Waals surface area contributed by atoms with Crippen molar-refractivity contribution >= 4 is 0 Å². The van der Waals surface area contributed by atoms with Gasteiger partial charge in [-0.25, -0.2) is 0 Å². The van der Waals surface area contributed by atoms with Gasteiger partial charge in [0.2, 0.25) is 0 Å². The van der Waals surface area contributed by atoms with Crippen molar-refractivity contribution in [1.29, 1.82) is 0 Å². The van der Waals surface area contributed by atoms with Crippen LogP contribution in [-0.2, 0) is 14.9 Å². The van der Waals surface area contributed by atoms with Crippen molar-refractivity contribution in [2.24, 2.45) is 0 Å². The fourth-order valence-corrected chi connectivity index (χ4v) is 6.22. The largest absolute Gasteiger partial charge is 0.374 e. The van der Waals surface area contributed by atoms with E-state index >= 15 is 0 Å². The molecule has 1 aliphatic heterocycles. The van der Waals surface area contributed by atoms with Gasteiger partial charge >= 0.3 is 0 Å². The molecule has 1 unspecified atom stereocenters. The van der Waals surface area contributed by atoms with E-state index in [1.165, 1.54) is 16.8 Å². The normalized spacial score (nSPS) is 28.7. The number of fused-ring (bicyclic) bond motifs is 1. The Labute approximate surface area is 192 Å². The van der Waals surface area contributed by atoms with Crippen LogP contribution in [0.25, 0.3) is 0 Å². The fraction of sp³-hybridized carbons (Fsp3) is 0.536. The molecule has 1 aromatic heterocycles. The van der Waals surface area contributed by atoms with E-state index in [0.29, 0.717) is 6.04 Å². The van der Waals surface area contributed by atoms with Crippen LogP contribution in [-0.4, -0.2) is 30.3 Å². The summed E-state index contributed by atoms with van der Waals surface area (Å²) >= 11 is 0. The summed E-state index contributed by atoms with van der Waals surface area (Å²) < 4.78 is 12.4. The Hall–Kier alpha value is -2.01. The fourth-order valence-electron chi connectivity index (χ4n) is 6.22. The number of pyridine rings is 1. The van der Waals surface area contributed by atoms with Crippen LogP contribution in [0.1, 0.15) is 80.8 Å². The Morgan fingerprint density at radius 2 is 1.88 bits per heavy atom. The summed E-state index contributed by atoms with van der Waals surface area (Å²) in [4.78, 5) is 4.84. The molecule has 4 nitrogen and oxygen atoms in total. The SMILES string of the molecule is CCO[C@@H]1CC[C@@H](NCCC2(c3ccccn3)CCOC3(CC=CC3)C2)c2ccccc21. The molecule has 170 valence electrons. The molecule has 0 bridgehead atoms. The summed E-state index contributed by atoms with van der Waals surface area (Å²) in [5.74, 6) is 0. The van der Waals surface area contributed by atoms with E-state index in [4.69, 9.17) is 14.5 Å². The van der Waals surface area contributed by atoms with Gasteiger partial charge in [-0.3, -0.25) is 4.98 Å². The lowest BCUT2D eigenvalue weighted by Crippen LogP contribution is -2.48. The molecule has 32 heavy (non-hydrogen) atoms. The van der Waals surface area contributed by atoms with Crippen LogP contribution in [0.4, 0.5) is 0 Å². The van der Waals surface area contributed by atoms with Gasteiger partial charge in [0.1, 0.15) is 0 Å². The molecular formula is C28H36N2O2. The predicted octanol–water partition coefficient (Wildman–Crippen LogP) is 5.81. The Morgan fingerprint density at radius 1 is 1.06 bits per heavy atom. The Balaban J connectivity index is 1.32. The van der Waals surface area contributed by atoms with Crippen molar-refractivity contribution in [3.05, 3.63) is 77.6 Å². The van der Waals surface area contributed by atoms with E-state index < -0.39 is 0 Å². The van der Waals surface area contributed by atoms with Crippen molar-refractivity contribution in [3.63, 3.8) is 0 Å². The van der Waals surface area contributed by atoms with Crippen LogP contribution in [0.3, 0.4) is 0 Å². The molecule has 1 fully saturated rings. The molecule has 3 aliphatic rings. The molecule has 1 N–H and O–H groups in total. The van der Waals surface area contributed by atoms with Gasteiger partial charge in [0.05, 0.1) is 11.7 Å². The summed E-state index contributed by atoms with van der Waals surface area (Å²) in [5, 5.41) is 3.92. The minimum Gasteiger partial charge on any atom is -0.374 e. The molecule has 3 atom stereocenters. The Morgan fingerprint density at radius 3 is 2.66 bits per heavy atom. The molecule has 1 saturated heterocycles. The van der Waals surface area contributed by atoms with Crippen LogP contribution in [0.2, 0.25) is 0 Å². The predicted molar refractivity (Wildman–Crippen MR) is 128 cm³/mol. The van der Waals surface area contributed by atoms with Gasteiger partial charge in [0, 0.05) is 36.6 Å². The molecule has 2 aliphatic carbocycles. The Bertz CT molecular complexity index is 920. The van der Waals surface area contributed by atoms with Crippen molar-refractivity contribution in [3.8, 4) is 0 Å². The number of hydrogen-bond acceptors (Lipinski definition) is 4. The number of nitrogens with one attached hydrogen (secondary N) is 1. The molecule has 1 spiro atoms. The quantitative estimate of drug-likeness (QED) is 0.561. The number of aromatic nitrogens is 1. The zero-order valence-corrected chi connectivity index (χ0v) is 19.3. The van der Waals surface area contributed by atoms with E-state index in [1.807, 2.05) is 12.3 Å². The van der Waals surface area contributed by atoms with Crippen LogP contribution in [0, 0.1) is 0 Å². The zero-order valence-electron chi connectivity index (χ0n) is 19.3. The highest BCUT2D eigenvalue weighted by Gasteiger charge is 2.47. The van der Waals surface area contributed by atoms with Crippen LogP contribution >= 0.6 is 0 Å². The minimum atomic E-state index is -0.0298. The summed E-state index contributed by atoms with van der Waals surface area (Å²) in [6, 6.07) is 15.6. The monoisotopic (exact) mass is 432 g/mol. The van der Waals surface area contributed by atoms with Gasteiger partial charge in [-0.2, -0.15) is 0 Å². The smallest absolute Gasteiger partial charge is 0.0828 e. The minimum absolute atomic E-state index is 0.0298. The second-order valence-electron chi connectivity index (χ2n) is 9.74. The number of ether oxygens (including phenoxy) is 2. The van der Waals surface area contributed by atoms with Crippen molar-refractivity contribution < 1.29 is 9.47 Å². The average molecular weight is 433 g/mol. The third-order valence-electron chi connectivity index (χ3n) is 7.80. The van der Waals surface area contributed by atoms with Gasteiger partial charge < -0.3 is 14.8 Å². The van der Waals surface area contributed by atoms with Gasteiger partial charge in [-0.05, 0) is 81.7 Å². The highest BCUT2D eigenvalue weighted by Crippen LogP contribution is 2.48. The highest BCUT2D eigenvalue weighted by molar-refractivity contribution is 5.34. The molecule has 0 amide bonds. The summed E-state index contributed by atoms with van der Waals surface area (Å²) in [5.41, 5.74) is 4.04. The third kappa shape index (κ3) is 4.28. The van der Waals surface area contributed by atoms with Crippen molar-refractivity contribution in [1.82, 2.24) is 10.3 Å². The molecular weight excluding hydrogens is 396 g/mol. The average Bonchev–Trinajstić information content (AvgIpc) is 3.28. The second kappa shape index (κ2) is 9.46. The van der Waals surface area contributed by atoms with Crippen molar-refractivity contribution in [2.75, 3.05) is 19.8 Å². The standard InChI is InChI=1S/C28H36N2O2/c1-2-31-25-13-12-24(22-9-3-4-10-23(22)25)29-19-16-27(26-11-5-8-18-30-26)17-20-32-28(21-27)14-6-7-15-28/h3-11,18,24-25,29H,2,12-17,19-21H2,1H3/t24-,25-,27?/m1/s1. The summed E-state index contributed by atoms with van der Waals surface area (Å²) in [6.07, 6.45) is 14.2. The zero-order chi connectivity index (χ0) is 21.9. The van der Waals surface area contributed by atoms with Gasteiger partial charge in [0.15, 0.2) is 0 Å². The van der Waals surface area contributed by atoms with Gasteiger partial charge in [-0.15, -0.1) is 0 Å². The second-order valence-corrected chi connectivity index (χ2v) is 9.74. The number of hydrogen-bond donors (Lipinski definition) is 1. The topological polar surface area (TPSA) is 43.4 Å². The lowest BCUT2D eigenvalue weighted by atomic mass is 9.67. The molecule has 4 heteroatoms. The lowest BCUT2D eigenvalue weighted by Gasteiger charge is -2.46. The highest BCUT2D eigenvalue weighted by atomic mass is 16.5. The van der Waals surface area contributed by atoms with Gasteiger partial charge in [-0.1, -0.05) is 42.5 Å². The summed E-state index contributed by atoms with van der Waals surface area (Å²) in [7, 11) is 0. The summed E-state index contributed by atoms with van der Waals surface area (Å²) in [6.45, 7) is 4.66. The molecule has 2 aromatic rings. The van der Waals surface area contributed by atoms with E-state index in [9.17, 15) is 0 Å². The maximum Gasteiger partial charge on any atom is 0.0828 e. The van der Waals surface area contributed by atoms with E-state index in [2.05, 4.69) is 60.8 Å². The first-order valence-electron chi connectivity index (χ1n) is 12.4. The number of benzene rings is 1. The molecule has 5 rings (SSSR count). The van der Waals surface area contributed by atoms with Crippen LogP contribution in [0.5, 0.6) is 0 Å². The van der Waals surface area contributed by atoms with Crippen LogP contribution in [0.15, 0.2) is 60.8 Å². The Kier molecular flexibility index (Phi) is 6.45. The number of nitrogens with zero attached hydrogens (tertiary/aromatic N) is 1. The third-order valence-corrected chi connectivity index (χ3v) is 7.80. The molecule has 2 heterocycles. The first-order valence-corrected chi connectivity index (χ1v) is 12.4. The first kappa shape index (κ1) is 21.8. The van der Waals surface area contributed by atoms with Gasteiger partial charge in [0.25, 0.3) is 0 Å². The van der Waals surface area contributed by atoms with E-state index in [-0.39, 0.29) is 17.1 Å².